The highest BCUT2D eigenvalue weighted by Gasteiger charge is 2.79. The Morgan fingerprint density at radius 2 is 0.851 bits per heavy atom. The normalized spacial score (nSPS) is 21.5. The molecule has 0 radical (unpaired) electrons. The topological polar surface area (TPSA) is 384 Å². The maximum Gasteiger partial charge on any atom is 0.509 e. The Hall–Kier alpha value is -3.71. The highest BCUT2D eigenvalue weighted by Crippen LogP contribution is 2.68. The number of phenolic OH excluding ortho intramolecular Hbond substituents is 2. The van der Waals surface area contributed by atoms with E-state index < -0.39 is 194 Å². The van der Waals surface area contributed by atoms with Crippen LogP contribution in [0, 0.1) is 64.2 Å². The molecule has 3 fully saturated rings. The lowest BCUT2D eigenvalue weighted by atomic mass is 9.47. The lowest BCUT2D eigenvalue weighted by Crippen LogP contribution is -2.63. The van der Waals surface area contributed by atoms with E-state index in [0.717, 1.165) is 49.1 Å². The largest absolute Gasteiger partial charge is 0.748 e. The summed E-state index contributed by atoms with van der Waals surface area (Å²) in [7, 11) is -24.4. The summed E-state index contributed by atoms with van der Waals surface area (Å²) in [6.07, 6.45) is -42.8. The van der Waals surface area contributed by atoms with Gasteiger partial charge in [0.25, 0.3) is 0 Å². The SMILES string of the molecule is CC(C)CCCC(C)C1CCC2C3CC=C4CC(OC(=O)OC(CS(=O)(=O)[O-])(C(F)(F)F)C(F)(F)F)CCC4(C)C3CCC12C.O=C(OC(CS(=O)(=O)[O-])(C(F)(F)F)C(F)(F)F)c1cc(I)cc(I)c1I.O=C(OC(CS(=O)(=O)[O-])(C(F)(F)F)C(F)(F)F)c1cc(I)cc(I)c1O.O=C(OC(CS(=O)(=O)[O-])(C(F)(F)F)C(F)(F)F)c1ccc(O)cc1. The van der Waals surface area contributed by atoms with Crippen LogP contribution in [0.25, 0.3) is 0 Å². The van der Waals surface area contributed by atoms with E-state index in [-0.39, 0.29) is 34.4 Å². The Labute approximate surface area is 740 Å². The fourth-order valence-electron chi connectivity index (χ4n) is 14.6. The van der Waals surface area contributed by atoms with Gasteiger partial charge in [0.2, 0.25) is 0 Å². The summed E-state index contributed by atoms with van der Waals surface area (Å²) < 4.78 is 465. The van der Waals surface area contributed by atoms with Crippen molar-refractivity contribution in [2.45, 2.75) is 183 Å². The first kappa shape index (κ1) is 110. The number of aromatic hydroxyl groups is 2. The lowest BCUT2D eigenvalue weighted by Gasteiger charge is -2.58. The molecule has 3 saturated carbocycles. The molecule has 4 aliphatic carbocycles. The Bertz CT molecular complexity index is 4560. The Morgan fingerprint density at radius 1 is 0.479 bits per heavy atom. The molecule has 0 amide bonds. The number of esters is 3. The molecule has 2 N–H and O–H groups in total. The summed E-state index contributed by atoms with van der Waals surface area (Å²) in [6.45, 7) is 11.6. The smallest absolute Gasteiger partial charge is 0.509 e. The van der Waals surface area contributed by atoms with Gasteiger partial charge in [0, 0.05) is 20.7 Å². The number of benzene rings is 3. The first-order valence-electron chi connectivity index (χ1n) is 33.6. The second kappa shape index (κ2) is 38.9. The maximum absolute atomic E-state index is 13.6. The van der Waals surface area contributed by atoms with E-state index in [0.29, 0.717) is 61.2 Å². The van der Waals surface area contributed by atoms with Gasteiger partial charge in [-0.15, -0.1) is 0 Å². The zero-order valence-corrected chi connectivity index (χ0v) is 75.5. The number of allylic oxidation sites excluding steroid dienone is 1. The molecule has 0 bridgehead atoms. The molecule has 4 aliphatic rings. The number of hydrogen-bond donors (Lipinski definition) is 2. The molecule has 0 spiro atoms. The van der Waals surface area contributed by atoms with Gasteiger partial charge >= 0.3 is 95.9 Å². The number of ether oxygens (including phenoxy) is 5. The fraction of sp³-hybridized carbons (Fsp3) is 0.631. The minimum atomic E-state index is -6.48. The average molecular weight is 2430 g/mol. The van der Waals surface area contributed by atoms with Crippen LogP contribution in [-0.2, 0) is 64.2 Å². The minimum Gasteiger partial charge on any atom is -0.748 e. The van der Waals surface area contributed by atoms with Crippen molar-refractivity contribution < 1.29 is 210 Å². The minimum absolute atomic E-state index is 0.00292. The van der Waals surface area contributed by atoms with Crippen LogP contribution < -0.4 is 0 Å². The summed E-state index contributed by atoms with van der Waals surface area (Å²) in [5.74, 6) is -16.8. The third-order valence-corrected chi connectivity index (χ3v) is 28.5. The summed E-state index contributed by atoms with van der Waals surface area (Å²) >= 11 is 7.87. The van der Waals surface area contributed by atoms with E-state index in [1.165, 1.54) is 89.4 Å². The van der Waals surface area contributed by atoms with E-state index in [1.54, 1.807) is 67.8 Å². The molecule has 8 unspecified atom stereocenters. The molecular formula is C65H63F24I5O23S4-4. The van der Waals surface area contributed by atoms with E-state index in [4.69, 9.17) is 9.84 Å². The predicted octanol–water partition coefficient (Wildman–Crippen LogP) is 18.1. The van der Waals surface area contributed by atoms with Crippen LogP contribution in [0.15, 0.2) is 60.2 Å². The zero-order chi connectivity index (χ0) is 94.2. The van der Waals surface area contributed by atoms with Crippen LogP contribution in [0.2, 0.25) is 0 Å². The van der Waals surface area contributed by atoms with Crippen LogP contribution >= 0.6 is 113 Å². The number of hydrogen-bond acceptors (Lipinski definition) is 23. The first-order valence-corrected chi connectivity index (χ1v) is 45.3. The summed E-state index contributed by atoms with van der Waals surface area (Å²) in [5.41, 5.74) is -23.7. The van der Waals surface area contributed by atoms with Crippen LogP contribution in [0.5, 0.6) is 11.5 Å². The number of fused-ring (bicyclic) bond motifs is 5. The lowest BCUT2D eigenvalue weighted by molar-refractivity contribution is -0.360. The monoisotopic (exact) mass is 2430 g/mol. The molecule has 3 aromatic rings. The Kier molecular flexibility index (Phi) is 35.3. The maximum atomic E-state index is 13.6. The van der Waals surface area contributed by atoms with E-state index >= 15 is 0 Å². The number of rotatable bonds is 21. The highest BCUT2D eigenvalue weighted by molar-refractivity contribution is 14.1. The third kappa shape index (κ3) is 26.8. The Morgan fingerprint density at radius 3 is 1.24 bits per heavy atom. The second-order valence-electron chi connectivity index (χ2n) is 29.0. The van der Waals surface area contributed by atoms with Gasteiger partial charge in [-0.25, -0.2) is 52.8 Å². The molecule has 7 rings (SSSR count). The van der Waals surface area contributed by atoms with Gasteiger partial charge < -0.3 is 52.1 Å². The predicted molar refractivity (Wildman–Crippen MR) is 405 cm³/mol. The van der Waals surface area contributed by atoms with Crippen molar-refractivity contribution >= 4 is 177 Å². The number of alkyl halides is 24. The van der Waals surface area contributed by atoms with Crippen molar-refractivity contribution in [3.8, 4) is 11.5 Å². The highest BCUT2D eigenvalue weighted by atomic mass is 127. The number of carbonyl (C=O) groups excluding carboxylic acids is 4. The molecule has 0 aliphatic heterocycles. The first-order chi connectivity index (χ1) is 54.0. The van der Waals surface area contributed by atoms with Crippen molar-refractivity contribution in [1.29, 1.82) is 0 Å². The van der Waals surface area contributed by atoms with Crippen LogP contribution in [0.4, 0.5) is 110 Å². The van der Waals surface area contributed by atoms with Gasteiger partial charge in [0.1, 0.15) is 23.2 Å². The molecule has 23 nitrogen and oxygen atoms in total. The van der Waals surface area contributed by atoms with Crippen molar-refractivity contribution in [3.05, 3.63) is 94.7 Å². The zero-order valence-electron chi connectivity index (χ0n) is 61.4. The summed E-state index contributed by atoms with van der Waals surface area (Å²) in [4.78, 5) is 47.8. The van der Waals surface area contributed by atoms with E-state index in [9.17, 15) is 182 Å². The van der Waals surface area contributed by atoms with Crippen LogP contribution in [-0.4, -0.2) is 187 Å². The molecular weight excluding hydrogens is 2370 g/mol. The molecule has 692 valence electrons. The number of carbonyl (C=O) groups is 4. The number of halogens is 29. The van der Waals surface area contributed by atoms with Gasteiger partial charge in [0.05, 0.1) is 78.2 Å². The van der Waals surface area contributed by atoms with Crippen LogP contribution in [0.1, 0.15) is 136 Å². The molecule has 121 heavy (non-hydrogen) atoms. The van der Waals surface area contributed by atoms with Gasteiger partial charge in [-0.1, -0.05) is 65.5 Å². The van der Waals surface area contributed by atoms with Crippen molar-refractivity contribution in [2.24, 2.45) is 46.3 Å². The third-order valence-electron chi connectivity index (χ3n) is 20.3. The van der Waals surface area contributed by atoms with Gasteiger partial charge in [-0.2, -0.15) is 105 Å². The second-order valence-corrected chi connectivity index (χ2v) is 40.5. The summed E-state index contributed by atoms with van der Waals surface area (Å²) in [6, 6.07) is 7.24. The van der Waals surface area contributed by atoms with Crippen molar-refractivity contribution in [3.63, 3.8) is 0 Å². The molecule has 3 aromatic carbocycles. The van der Waals surface area contributed by atoms with E-state index in [1.807, 2.05) is 0 Å². The van der Waals surface area contributed by atoms with Crippen LogP contribution in [0.3, 0.4) is 0 Å². The summed E-state index contributed by atoms with van der Waals surface area (Å²) in [5, 5.41) is 18.6. The molecule has 56 heteroatoms. The number of phenols is 2. The quantitative estimate of drug-likeness (QED) is 0.0190. The standard InChI is InChI=1S/C32H48F6O6S.C11H5F6I3O5S.C11H6F6I2O6S.C11H8F6O6S/c1-19(2)7-6-8-20(3)24-11-12-25-23-10-9-21-17-22(13-15-28(21,4)26(23)14-16-29(24,25)5)43-27(39)44-30(31(33,34)35,32(36,37)38)18-45(40,41)42;2*12-10(13,14)9(11(15,16)17,3-26(22,23)24)25-8(21)5-1-4(18)2-6(19)7(5)20;12-10(13,14)9(11(15,16)17,5-24(20,21)22)23-8(19)6-1-3-7(18)4-2-6/h9,19-20,22-26H,6-8,10-18H2,1-5H3,(H,40,41,42);1-2H,3H2,(H,22,23,24);1-2,20H,3H2,(H,22,23,24);1-4,18H,5H2,(H,20,21,22)/p-4. The van der Waals surface area contributed by atoms with Gasteiger partial charge in [0.15, 0.2) is 0 Å². The molecule has 0 saturated heterocycles. The molecule has 8 atom stereocenters. The molecule has 0 aromatic heterocycles. The van der Waals surface area contributed by atoms with E-state index in [2.05, 4.69) is 59.6 Å². The Balaban J connectivity index is 0.000000354. The van der Waals surface area contributed by atoms with Gasteiger partial charge in [-0.05, 0) is 253 Å². The average Bonchev–Trinajstić information content (AvgIpc) is 1.55. The fourth-order valence-corrected chi connectivity index (χ4v) is 22.4. The van der Waals surface area contributed by atoms with Crippen molar-refractivity contribution in [2.75, 3.05) is 23.0 Å². The van der Waals surface area contributed by atoms with Gasteiger partial charge in [-0.3, -0.25) is 0 Å². The van der Waals surface area contributed by atoms with Crippen molar-refractivity contribution in [1.82, 2.24) is 0 Å². The molecule has 0 heterocycles.